The van der Waals surface area contributed by atoms with Gasteiger partial charge in [-0.25, -0.2) is 0 Å². The molecule has 46 heavy (non-hydrogen) atoms. The van der Waals surface area contributed by atoms with Crippen molar-refractivity contribution in [2.45, 2.75) is 68.7 Å². The summed E-state index contributed by atoms with van der Waals surface area (Å²) in [5.74, 6) is 0. The zero-order chi connectivity index (χ0) is 32.0. The van der Waals surface area contributed by atoms with Crippen LogP contribution in [0.1, 0.15) is 59.0 Å². The van der Waals surface area contributed by atoms with Crippen molar-refractivity contribution in [1.29, 1.82) is 0 Å². The fraction of sp³-hybridized carbons (Fsp3) is 0.268. The Balaban J connectivity index is 0.000000220. The molecule has 7 aromatic rings. The Morgan fingerprint density at radius 1 is 0.783 bits per heavy atom. The van der Waals surface area contributed by atoms with E-state index in [1.54, 1.807) is 0 Å². The Kier molecular flexibility index (Phi) is 9.70. The molecule has 4 aromatic heterocycles. The number of rotatable bonds is 3. The molecule has 3 nitrogen and oxygen atoms in total. The molecule has 0 N–H and O–H groups in total. The minimum Gasteiger partial charge on any atom is -0.501 e. The number of nitrogens with zero attached hydrogens (tertiary/aromatic N) is 2. The normalized spacial score (nSPS) is 11.5. The third-order valence-electron chi connectivity index (χ3n) is 8.53. The number of fused-ring (bicyclic) bond motifs is 5. The van der Waals surface area contributed by atoms with Crippen LogP contribution in [0.4, 0.5) is 0 Å². The van der Waals surface area contributed by atoms with Crippen LogP contribution in [0.15, 0.2) is 71.4 Å². The number of benzene rings is 3. The van der Waals surface area contributed by atoms with Gasteiger partial charge >= 0.3 is 0 Å². The van der Waals surface area contributed by atoms with Crippen LogP contribution < -0.4 is 0 Å². The van der Waals surface area contributed by atoms with Crippen molar-refractivity contribution < 1.29 is 24.5 Å². The Morgan fingerprint density at radius 3 is 2.22 bits per heavy atom. The maximum atomic E-state index is 6.41. The molecule has 4 heterocycles. The van der Waals surface area contributed by atoms with Crippen LogP contribution in [0.3, 0.4) is 0 Å². The van der Waals surface area contributed by atoms with Crippen LogP contribution in [0.2, 0.25) is 0 Å². The third-order valence-corrected chi connectivity index (χ3v) is 9.71. The summed E-state index contributed by atoms with van der Waals surface area (Å²) in [4.78, 5) is 10.5. The van der Waals surface area contributed by atoms with Gasteiger partial charge in [-0.2, -0.15) is 0 Å². The van der Waals surface area contributed by atoms with Crippen LogP contribution in [-0.2, 0) is 26.5 Å². The van der Waals surface area contributed by atoms with E-state index in [2.05, 4.69) is 122 Å². The SMILES string of the molecule is Cc1c[c-]c(-c2cc(C)c(C)cn2)cc1.Cc1cnc(-c2[c-]ccc3c2oc2ccc4sc(C)c(C)c4c23)cc1CC(C)(C)C.[Ir]. The fourth-order valence-electron chi connectivity index (χ4n) is 5.78. The average molecular weight is 801 g/mol. The molecule has 3 aromatic carbocycles. The minimum absolute atomic E-state index is 0. The molecule has 0 fully saturated rings. The first-order chi connectivity index (χ1) is 21.4. The predicted molar refractivity (Wildman–Crippen MR) is 191 cm³/mol. The molecule has 1 radical (unpaired) electrons. The molecule has 0 spiro atoms. The number of aryl methyl sites for hydroxylation is 6. The molecule has 0 unspecified atom stereocenters. The quantitative estimate of drug-likeness (QED) is 0.167. The zero-order valence-electron chi connectivity index (χ0n) is 28.1. The summed E-state index contributed by atoms with van der Waals surface area (Å²) in [7, 11) is 0. The number of hydrogen-bond acceptors (Lipinski definition) is 4. The van der Waals surface area contributed by atoms with E-state index in [1.807, 2.05) is 35.9 Å². The molecular formula is C41H40IrN2OS-2. The van der Waals surface area contributed by atoms with E-state index in [-0.39, 0.29) is 25.5 Å². The first-order valence-electron chi connectivity index (χ1n) is 15.5. The van der Waals surface area contributed by atoms with Gasteiger partial charge in [-0.3, -0.25) is 0 Å². The summed E-state index contributed by atoms with van der Waals surface area (Å²) in [5, 5.41) is 3.67. The Labute approximate surface area is 290 Å². The number of thiophene rings is 1. The van der Waals surface area contributed by atoms with E-state index in [0.29, 0.717) is 0 Å². The van der Waals surface area contributed by atoms with Gasteiger partial charge in [0.25, 0.3) is 0 Å². The number of furan rings is 1. The van der Waals surface area contributed by atoms with E-state index in [1.165, 1.54) is 53.7 Å². The van der Waals surface area contributed by atoms with Gasteiger partial charge < -0.3 is 14.4 Å². The molecule has 237 valence electrons. The molecule has 5 heteroatoms. The molecule has 0 amide bonds. The molecule has 0 aliphatic heterocycles. The zero-order valence-corrected chi connectivity index (χ0v) is 31.3. The topological polar surface area (TPSA) is 38.9 Å². The van der Waals surface area contributed by atoms with E-state index in [4.69, 9.17) is 9.40 Å². The van der Waals surface area contributed by atoms with Crippen molar-refractivity contribution >= 4 is 43.4 Å². The molecule has 0 saturated heterocycles. The van der Waals surface area contributed by atoms with Crippen LogP contribution in [0.25, 0.3) is 54.5 Å². The van der Waals surface area contributed by atoms with Crippen molar-refractivity contribution in [3.05, 3.63) is 117 Å². The summed E-state index contributed by atoms with van der Waals surface area (Å²) in [5.41, 5.74) is 13.6. The van der Waals surface area contributed by atoms with E-state index in [9.17, 15) is 0 Å². The Bertz CT molecular complexity index is 2180. The van der Waals surface area contributed by atoms with Crippen molar-refractivity contribution in [2.75, 3.05) is 0 Å². The van der Waals surface area contributed by atoms with Crippen molar-refractivity contribution in [3.8, 4) is 22.5 Å². The van der Waals surface area contributed by atoms with Gasteiger partial charge in [-0.05, 0) is 86.7 Å². The van der Waals surface area contributed by atoms with Crippen LogP contribution in [-0.4, -0.2) is 9.97 Å². The molecule has 0 atom stereocenters. The van der Waals surface area contributed by atoms with Gasteiger partial charge in [-0.1, -0.05) is 61.9 Å². The van der Waals surface area contributed by atoms with E-state index < -0.39 is 0 Å². The maximum Gasteiger partial charge on any atom is 0.121 e. The maximum absolute atomic E-state index is 6.41. The second-order valence-corrected chi connectivity index (χ2v) is 14.7. The minimum atomic E-state index is 0. The largest absolute Gasteiger partial charge is 0.501 e. The second kappa shape index (κ2) is 13.2. The Morgan fingerprint density at radius 2 is 1.52 bits per heavy atom. The van der Waals surface area contributed by atoms with E-state index in [0.717, 1.165) is 45.5 Å². The molecule has 0 bridgehead atoms. The summed E-state index contributed by atoms with van der Waals surface area (Å²) >= 11 is 1.85. The predicted octanol–water partition coefficient (Wildman–Crippen LogP) is 11.6. The standard InChI is InChI=1S/C27H26NOS.C14H14N.Ir/c1-15-14-28-21(12-18(15)13-27(4,5)6)19-8-7-9-20-25-22(29-26(19)20)10-11-23-24(25)16(2)17(3)30-23;1-10-4-6-13(7-5-10)14-8-11(2)12(3)9-15-14;/h7,9-12,14H,13H2,1-6H3;4-6,8-9H,1-3H3;/q2*-1;. The first-order valence-corrected chi connectivity index (χ1v) is 16.3. The van der Waals surface area contributed by atoms with Crippen molar-refractivity contribution in [2.24, 2.45) is 5.41 Å². The number of hydrogen-bond donors (Lipinski definition) is 0. The summed E-state index contributed by atoms with van der Waals surface area (Å²) in [6, 6.07) is 25.5. The van der Waals surface area contributed by atoms with Gasteiger partial charge in [0, 0.05) is 52.8 Å². The third kappa shape index (κ3) is 6.74. The van der Waals surface area contributed by atoms with Crippen molar-refractivity contribution in [3.63, 3.8) is 0 Å². The van der Waals surface area contributed by atoms with Crippen LogP contribution in [0.5, 0.6) is 0 Å². The molecule has 7 rings (SSSR count). The summed E-state index contributed by atoms with van der Waals surface area (Å²) in [6.45, 7) is 19.6. The molecular weight excluding hydrogens is 761 g/mol. The van der Waals surface area contributed by atoms with Crippen molar-refractivity contribution in [1.82, 2.24) is 9.97 Å². The van der Waals surface area contributed by atoms with Gasteiger partial charge in [0.15, 0.2) is 0 Å². The second-order valence-electron chi connectivity index (χ2n) is 13.5. The van der Waals surface area contributed by atoms with Gasteiger partial charge in [0.05, 0.1) is 5.58 Å². The molecule has 0 aliphatic rings. The molecule has 0 aliphatic carbocycles. The van der Waals surface area contributed by atoms with Gasteiger partial charge in [-0.15, -0.1) is 64.9 Å². The van der Waals surface area contributed by atoms with Crippen LogP contribution in [0, 0.1) is 59.1 Å². The smallest absolute Gasteiger partial charge is 0.121 e. The van der Waals surface area contributed by atoms with Gasteiger partial charge in [0.2, 0.25) is 0 Å². The summed E-state index contributed by atoms with van der Waals surface area (Å²) in [6.07, 6.45) is 4.91. The summed E-state index contributed by atoms with van der Waals surface area (Å²) < 4.78 is 7.73. The first kappa shape index (κ1) is 33.7. The number of aromatic nitrogens is 2. The van der Waals surface area contributed by atoms with E-state index >= 15 is 0 Å². The Hall–Kier alpha value is -3.63. The van der Waals surface area contributed by atoms with Crippen LogP contribution >= 0.6 is 11.3 Å². The van der Waals surface area contributed by atoms with Gasteiger partial charge in [0.1, 0.15) is 5.58 Å². The number of pyridine rings is 2. The monoisotopic (exact) mass is 801 g/mol. The average Bonchev–Trinajstić information content (AvgIpc) is 3.52. The molecule has 0 saturated carbocycles. The fourth-order valence-corrected chi connectivity index (χ4v) is 6.85.